The molecule has 5 rings (SSSR count). The quantitative estimate of drug-likeness (QED) is 0.192. The molecule has 4 aromatic carbocycles. The van der Waals surface area contributed by atoms with Gasteiger partial charge in [0.1, 0.15) is 12.6 Å². The molecule has 0 heterocycles. The molecule has 1 saturated carbocycles. The number of carbonyl (C=O) groups is 2. The van der Waals surface area contributed by atoms with Crippen LogP contribution in [0.2, 0.25) is 0 Å². The third-order valence-corrected chi connectivity index (χ3v) is 10.4. The highest BCUT2D eigenvalue weighted by Crippen LogP contribution is 2.26. The number of hydrogen-bond donors (Lipinski definition) is 1. The number of rotatable bonds is 12. The number of aryl methyl sites for hydroxylation is 3. The van der Waals surface area contributed by atoms with E-state index in [2.05, 4.69) is 5.32 Å². The summed E-state index contributed by atoms with van der Waals surface area (Å²) in [6, 6.07) is 30.4. The molecular formula is C38H43N3O4S. The maximum atomic E-state index is 14.6. The topological polar surface area (TPSA) is 86.8 Å². The Morgan fingerprint density at radius 3 is 1.87 bits per heavy atom. The Labute approximate surface area is 273 Å². The molecule has 0 saturated heterocycles. The van der Waals surface area contributed by atoms with Gasteiger partial charge in [-0.1, -0.05) is 108 Å². The van der Waals surface area contributed by atoms with Crippen molar-refractivity contribution >= 4 is 27.5 Å². The molecule has 240 valence electrons. The van der Waals surface area contributed by atoms with E-state index in [0.717, 1.165) is 57.8 Å². The van der Waals surface area contributed by atoms with Crippen LogP contribution < -0.4 is 9.62 Å². The van der Waals surface area contributed by atoms with Crippen LogP contribution >= 0.6 is 0 Å². The SMILES string of the molecule is Cc1ccc(CN(C(=O)CN(c2ccc(C)cc2)S(=O)(=O)c2ccc(C)cc2)[C@@H](Cc2ccccc2)C(=O)NC2CCCC2)cc1. The van der Waals surface area contributed by atoms with Crippen molar-refractivity contribution in [3.8, 4) is 0 Å². The summed E-state index contributed by atoms with van der Waals surface area (Å²) in [5.74, 6) is -0.682. The van der Waals surface area contributed by atoms with Crippen molar-refractivity contribution < 1.29 is 18.0 Å². The first kappa shape index (κ1) is 32.9. The number of nitrogens with one attached hydrogen (secondary N) is 1. The van der Waals surface area contributed by atoms with Crippen molar-refractivity contribution in [2.75, 3.05) is 10.8 Å². The standard InChI is InChI=1S/C38H43N3O4S/c1-28-13-19-32(20-14-28)26-40(36(25-31-9-5-4-6-10-31)38(43)39-33-11-7-8-12-33)37(42)27-41(34-21-15-29(2)16-22-34)46(44,45)35-23-17-30(3)18-24-35/h4-6,9-10,13-24,33,36H,7-8,11-12,25-27H2,1-3H3,(H,39,43)/t36-/m0/s1. The highest BCUT2D eigenvalue weighted by molar-refractivity contribution is 7.92. The molecule has 46 heavy (non-hydrogen) atoms. The Morgan fingerprint density at radius 2 is 1.28 bits per heavy atom. The minimum absolute atomic E-state index is 0.0630. The predicted octanol–water partition coefficient (Wildman–Crippen LogP) is 6.51. The lowest BCUT2D eigenvalue weighted by Crippen LogP contribution is -2.54. The minimum atomic E-state index is -4.13. The van der Waals surface area contributed by atoms with Gasteiger partial charge in [0, 0.05) is 19.0 Å². The molecule has 1 N–H and O–H groups in total. The lowest BCUT2D eigenvalue weighted by molar-refractivity contribution is -0.140. The van der Waals surface area contributed by atoms with E-state index in [4.69, 9.17) is 0 Å². The van der Waals surface area contributed by atoms with E-state index in [1.165, 1.54) is 0 Å². The Bertz CT molecular complexity index is 1720. The van der Waals surface area contributed by atoms with Crippen LogP contribution in [0, 0.1) is 20.8 Å². The molecule has 1 fully saturated rings. The highest BCUT2D eigenvalue weighted by Gasteiger charge is 2.35. The van der Waals surface area contributed by atoms with Crippen LogP contribution in [0.15, 0.2) is 108 Å². The third-order valence-electron chi connectivity index (χ3n) is 8.66. The number of nitrogens with zero attached hydrogens (tertiary/aromatic N) is 2. The van der Waals surface area contributed by atoms with Crippen LogP contribution in [-0.4, -0.2) is 43.8 Å². The van der Waals surface area contributed by atoms with Gasteiger partial charge in [0.05, 0.1) is 10.6 Å². The second kappa shape index (κ2) is 14.8. The number of sulfonamides is 1. The van der Waals surface area contributed by atoms with Crippen LogP contribution in [0.5, 0.6) is 0 Å². The van der Waals surface area contributed by atoms with Crippen LogP contribution in [0.4, 0.5) is 5.69 Å². The molecule has 1 atom stereocenters. The van der Waals surface area contributed by atoms with E-state index < -0.39 is 28.5 Å². The zero-order chi connectivity index (χ0) is 32.7. The molecule has 0 radical (unpaired) electrons. The number of hydrogen-bond acceptors (Lipinski definition) is 4. The normalized spacial score (nSPS) is 14.1. The van der Waals surface area contributed by atoms with Gasteiger partial charge >= 0.3 is 0 Å². The fraction of sp³-hybridized carbons (Fsp3) is 0.316. The second-order valence-corrected chi connectivity index (χ2v) is 14.2. The molecule has 4 aromatic rings. The molecule has 0 aromatic heterocycles. The van der Waals surface area contributed by atoms with Gasteiger partial charge in [0.25, 0.3) is 10.0 Å². The zero-order valence-corrected chi connectivity index (χ0v) is 27.7. The minimum Gasteiger partial charge on any atom is -0.352 e. The van der Waals surface area contributed by atoms with Gasteiger partial charge in [-0.25, -0.2) is 8.42 Å². The van der Waals surface area contributed by atoms with Crippen LogP contribution in [0.25, 0.3) is 0 Å². The summed E-state index contributed by atoms with van der Waals surface area (Å²) < 4.78 is 29.5. The average Bonchev–Trinajstić information content (AvgIpc) is 3.56. The van der Waals surface area contributed by atoms with Crippen LogP contribution in [0.3, 0.4) is 0 Å². The van der Waals surface area contributed by atoms with Gasteiger partial charge in [-0.05, 0) is 69.0 Å². The van der Waals surface area contributed by atoms with Crippen molar-refractivity contribution in [1.29, 1.82) is 0 Å². The first-order chi connectivity index (χ1) is 22.1. The Hall–Kier alpha value is -4.43. The lowest BCUT2D eigenvalue weighted by atomic mass is 10.0. The van der Waals surface area contributed by atoms with Gasteiger partial charge < -0.3 is 10.2 Å². The number of amides is 2. The zero-order valence-electron chi connectivity index (χ0n) is 26.9. The van der Waals surface area contributed by atoms with Crippen molar-refractivity contribution in [3.05, 3.63) is 131 Å². The summed E-state index contributed by atoms with van der Waals surface area (Å²) >= 11 is 0. The molecule has 8 heteroatoms. The molecule has 0 unspecified atom stereocenters. The Balaban J connectivity index is 1.55. The predicted molar refractivity (Wildman–Crippen MR) is 183 cm³/mol. The molecule has 1 aliphatic rings. The summed E-state index contributed by atoms with van der Waals surface area (Å²) in [7, 11) is -4.13. The largest absolute Gasteiger partial charge is 0.352 e. The number of carbonyl (C=O) groups excluding carboxylic acids is 2. The summed E-state index contributed by atoms with van der Waals surface area (Å²) in [5, 5.41) is 3.22. The molecule has 0 bridgehead atoms. The molecule has 0 spiro atoms. The molecular weight excluding hydrogens is 595 g/mol. The highest BCUT2D eigenvalue weighted by atomic mass is 32.2. The van der Waals surface area contributed by atoms with Gasteiger partial charge in [0.2, 0.25) is 11.8 Å². The molecule has 1 aliphatic carbocycles. The lowest BCUT2D eigenvalue weighted by Gasteiger charge is -2.34. The summed E-state index contributed by atoms with van der Waals surface area (Å²) in [5.41, 5.74) is 5.13. The van der Waals surface area contributed by atoms with E-state index in [1.807, 2.05) is 87.5 Å². The summed E-state index contributed by atoms with van der Waals surface area (Å²) in [4.78, 5) is 30.4. The third kappa shape index (κ3) is 8.23. The first-order valence-corrected chi connectivity index (χ1v) is 17.4. The van der Waals surface area contributed by atoms with E-state index in [0.29, 0.717) is 12.1 Å². The van der Waals surface area contributed by atoms with Gasteiger partial charge in [-0.3, -0.25) is 13.9 Å². The second-order valence-electron chi connectivity index (χ2n) is 12.4. The number of benzene rings is 4. The fourth-order valence-corrected chi connectivity index (χ4v) is 7.30. The fourth-order valence-electron chi connectivity index (χ4n) is 5.89. The average molecular weight is 638 g/mol. The van der Waals surface area contributed by atoms with Crippen molar-refractivity contribution in [3.63, 3.8) is 0 Å². The van der Waals surface area contributed by atoms with Crippen molar-refractivity contribution in [2.45, 2.75) is 76.4 Å². The molecule has 2 amide bonds. The van der Waals surface area contributed by atoms with Gasteiger partial charge in [-0.2, -0.15) is 0 Å². The molecule has 7 nitrogen and oxygen atoms in total. The summed E-state index contributed by atoms with van der Waals surface area (Å²) in [6.07, 6.45) is 4.23. The van der Waals surface area contributed by atoms with Gasteiger partial charge in [0.15, 0.2) is 0 Å². The van der Waals surface area contributed by atoms with E-state index in [9.17, 15) is 18.0 Å². The maximum Gasteiger partial charge on any atom is 0.264 e. The molecule has 0 aliphatic heterocycles. The summed E-state index contributed by atoms with van der Waals surface area (Å²) in [6.45, 7) is 5.50. The maximum absolute atomic E-state index is 14.6. The van der Waals surface area contributed by atoms with Crippen molar-refractivity contribution in [1.82, 2.24) is 10.2 Å². The Morgan fingerprint density at radius 1 is 0.739 bits per heavy atom. The van der Waals surface area contributed by atoms with Gasteiger partial charge in [-0.15, -0.1) is 0 Å². The monoisotopic (exact) mass is 637 g/mol. The van der Waals surface area contributed by atoms with E-state index >= 15 is 0 Å². The number of anilines is 1. The van der Waals surface area contributed by atoms with E-state index in [-0.39, 0.29) is 23.4 Å². The van der Waals surface area contributed by atoms with Crippen molar-refractivity contribution in [2.24, 2.45) is 0 Å². The first-order valence-electron chi connectivity index (χ1n) is 16.0. The van der Waals surface area contributed by atoms with Crippen LogP contribution in [0.1, 0.15) is 53.5 Å². The smallest absolute Gasteiger partial charge is 0.264 e. The van der Waals surface area contributed by atoms with E-state index in [1.54, 1.807) is 41.3 Å². The van der Waals surface area contributed by atoms with Crippen LogP contribution in [-0.2, 0) is 32.6 Å². The Kier molecular flexibility index (Phi) is 10.6.